The zero-order valence-corrected chi connectivity index (χ0v) is 13.7. The highest BCUT2D eigenvalue weighted by molar-refractivity contribution is 6.10. The first kappa shape index (κ1) is 18.7. The standard InChI is InChI=1S/C17H22O6/c1-4-7-11-23-16(19)13-10-8-9-12(15(18)21-5-2)14(13)17(20)22-6-3/h8-10H,4-7,11H2,1-3H3. The van der Waals surface area contributed by atoms with Crippen molar-refractivity contribution in [3.05, 3.63) is 34.9 Å². The highest BCUT2D eigenvalue weighted by atomic mass is 16.5. The number of carbonyl (C=O) groups excluding carboxylic acids is 3. The van der Waals surface area contributed by atoms with Gasteiger partial charge in [-0.05, 0) is 32.4 Å². The van der Waals surface area contributed by atoms with Crippen LogP contribution in [0, 0.1) is 0 Å². The van der Waals surface area contributed by atoms with Gasteiger partial charge in [0.1, 0.15) is 0 Å². The monoisotopic (exact) mass is 322 g/mol. The molecule has 0 N–H and O–H groups in total. The highest BCUT2D eigenvalue weighted by Gasteiger charge is 2.26. The first-order valence-corrected chi connectivity index (χ1v) is 7.71. The largest absolute Gasteiger partial charge is 0.462 e. The maximum absolute atomic E-state index is 12.2. The minimum absolute atomic E-state index is 0.00441. The van der Waals surface area contributed by atoms with E-state index < -0.39 is 17.9 Å². The molecule has 0 fully saturated rings. The van der Waals surface area contributed by atoms with Crippen molar-refractivity contribution in [1.82, 2.24) is 0 Å². The Morgan fingerprint density at radius 3 is 1.87 bits per heavy atom. The number of ether oxygens (including phenoxy) is 3. The van der Waals surface area contributed by atoms with Crippen LogP contribution in [-0.4, -0.2) is 37.7 Å². The Morgan fingerprint density at radius 1 is 0.826 bits per heavy atom. The lowest BCUT2D eigenvalue weighted by atomic mass is 10.0. The molecule has 0 unspecified atom stereocenters. The van der Waals surface area contributed by atoms with E-state index in [0.29, 0.717) is 0 Å². The molecular formula is C17H22O6. The maximum Gasteiger partial charge on any atom is 0.339 e. The second kappa shape index (κ2) is 9.61. The molecule has 126 valence electrons. The van der Waals surface area contributed by atoms with Gasteiger partial charge in [-0.1, -0.05) is 19.4 Å². The zero-order valence-electron chi connectivity index (χ0n) is 13.7. The van der Waals surface area contributed by atoms with Gasteiger partial charge in [-0.15, -0.1) is 0 Å². The maximum atomic E-state index is 12.2. The number of carbonyl (C=O) groups is 3. The molecule has 6 heteroatoms. The summed E-state index contributed by atoms with van der Waals surface area (Å²) >= 11 is 0. The molecule has 0 saturated heterocycles. The van der Waals surface area contributed by atoms with Crippen molar-refractivity contribution in [1.29, 1.82) is 0 Å². The van der Waals surface area contributed by atoms with Crippen LogP contribution < -0.4 is 0 Å². The molecule has 0 aromatic heterocycles. The molecule has 23 heavy (non-hydrogen) atoms. The highest BCUT2D eigenvalue weighted by Crippen LogP contribution is 2.19. The van der Waals surface area contributed by atoms with Crippen LogP contribution in [0.5, 0.6) is 0 Å². The van der Waals surface area contributed by atoms with Crippen LogP contribution in [0.15, 0.2) is 18.2 Å². The smallest absolute Gasteiger partial charge is 0.339 e. The van der Waals surface area contributed by atoms with Gasteiger partial charge in [0.25, 0.3) is 0 Å². The van der Waals surface area contributed by atoms with E-state index in [1.165, 1.54) is 18.2 Å². The lowest BCUT2D eigenvalue weighted by Crippen LogP contribution is -2.20. The summed E-state index contributed by atoms with van der Waals surface area (Å²) in [6.45, 7) is 5.81. The van der Waals surface area contributed by atoms with Crippen molar-refractivity contribution in [2.75, 3.05) is 19.8 Å². The SMILES string of the molecule is CCCCOC(=O)c1cccc(C(=O)OCC)c1C(=O)OCC. The summed E-state index contributed by atoms with van der Waals surface area (Å²) in [7, 11) is 0. The van der Waals surface area contributed by atoms with Gasteiger partial charge >= 0.3 is 17.9 Å². The van der Waals surface area contributed by atoms with Gasteiger partial charge in [-0.3, -0.25) is 0 Å². The molecular weight excluding hydrogens is 300 g/mol. The molecule has 1 aromatic rings. The van der Waals surface area contributed by atoms with Gasteiger partial charge in [-0.2, -0.15) is 0 Å². The van der Waals surface area contributed by atoms with Crippen molar-refractivity contribution in [2.45, 2.75) is 33.6 Å². The Morgan fingerprint density at radius 2 is 1.35 bits per heavy atom. The van der Waals surface area contributed by atoms with Gasteiger partial charge in [-0.25, -0.2) is 14.4 Å². The summed E-state index contributed by atoms with van der Waals surface area (Å²) in [5.74, 6) is -2.09. The minimum Gasteiger partial charge on any atom is -0.462 e. The van der Waals surface area contributed by atoms with Crippen molar-refractivity contribution in [3.63, 3.8) is 0 Å². The lowest BCUT2D eigenvalue weighted by molar-refractivity contribution is 0.0450. The Bertz CT molecular complexity index is 564. The van der Waals surface area contributed by atoms with Gasteiger partial charge in [0.15, 0.2) is 0 Å². The van der Waals surface area contributed by atoms with Crippen LogP contribution in [0.25, 0.3) is 0 Å². The summed E-state index contributed by atoms with van der Waals surface area (Å²) in [6, 6.07) is 4.36. The first-order chi connectivity index (χ1) is 11.1. The zero-order chi connectivity index (χ0) is 17.2. The van der Waals surface area contributed by atoms with Crippen molar-refractivity contribution >= 4 is 17.9 Å². The number of benzene rings is 1. The average Bonchev–Trinajstić information content (AvgIpc) is 2.54. The third-order valence-electron chi connectivity index (χ3n) is 2.99. The molecule has 0 heterocycles. The van der Waals surface area contributed by atoms with E-state index in [4.69, 9.17) is 14.2 Å². The van der Waals surface area contributed by atoms with Crippen LogP contribution in [0.3, 0.4) is 0 Å². The van der Waals surface area contributed by atoms with Crippen LogP contribution in [0.1, 0.15) is 64.7 Å². The van der Waals surface area contributed by atoms with Crippen molar-refractivity contribution in [2.24, 2.45) is 0 Å². The van der Waals surface area contributed by atoms with Gasteiger partial charge in [0.05, 0.1) is 36.5 Å². The van der Waals surface area contributed by atoms with E-state index in [2.05, 4.69) is 0 Å². The van der Waals surface area contributed by atoms with Gasteiger partial charge in [0, 0.05) is 0 Å². The van der Waals surface area contributed by atoms with Gasteiger partial charge in [0.2, 0.25) is 0 Å². The molecule has 0 bridgehead atoms. The average molecular weight is 322 g/mol. The van der Waals surface area contributed by atoms with E-state index in [1.54, 1.807) is 13.8 Å². The second-order valence-electron chi connectivity index (χ2n) is 4.66. The number of esters is 3. The Balaban J connectivity index is 3.22. The van der Waals surface area contributed by atoms with E-state index in [-0.39, 0.29) is 36.5 Å². The fourth-order valence-corrected chi connectivity index (χ4v) is 1.91. The number of hydrogen-bond acceptors (Lipinski definition) is 6. The third kappa shape index (κ3) is 5.09. The molecule has 0 atom stereocenters. The summed E-state index contributed by atoms with van der Waals surface area (Å²) < 4.78 is 15.0. The summed E-state index contributed by atoms with van der Waals surface area (Å²) in [4.78, 5) is 36.4. The van der Waals surface area contributed by atoms with Crippen LogP contribution in [0.4, 0.5) is 0 Å². The first-order valence-electron chi connectivity index (χ1n) is 7.71. The summed E-state index contributed by atoms with van der Waals surface area (Å²) in [5, 5.41) is 0. The molecule has 0 radical (unpaired) electrons. The normalized spacial score (nSPS) is 10.0. The van der Waals surface area contributed by atoms with E-state index in [9.17, 15) is 14.4 Å². The van der Waals surface area contributed by atoms with E-state index in [0.717, 1.165) is 12.8 Å². The minimum atomic E-state index is -0.751. The Hall–Kier alpha value is -2.37. The second-order valence-corrected chi connectivity index (χ2v) is 4.66. The predicted octanol–water partition coefficient (Wildman–Crippen LogP) is 3.00. The van der Waals surface area contributed by atoms with Crippen LogP contribution >= 0.6 is 0 Å². The van der Waals surface area contributed by atoms with E-state index >= 15 is 0 Å². The molecule has 0 aliphatic carbocycles. The molecule has 1 aromatic carbocycles. The third-order valence-corrected chi connectivity index (χ3v) is 2.99. The number of rotatable bonds is 8. The molecule has 1 rings (SSSR count). The van der Waals surface area contributed by atoms with Crippen LogP contribution in [0.2, 0.25) is 0 Å². The quantitative estimate of drug-likeness (QED) is 0.416. The molecule has 0 aliphatic heterocycles. The molecule has 0 amide bonds. The van der Waals surface area contributed by atoms with Gasteiger partial charge < -0.3 is 14.2 Å². The molecule has 0 spiro atoms. The number of hydrogen-bond donors (Lipinski definition) is 0. The van der Waals surface area contributed by atoms with Crippen LogP contribution in [-0.2, 0) is 14.2 Å². The van der Waals surface area contributed by atoms with E-state index in [1.807, 2.05) is 6.92 Å². The predicted molar refractivity (Wildman–Crippen MR) is 83.5 cm³/mol. The number of unbranched alkanes of at least 4 members (excludes halogenated alkanes) is 1. The molecule has 6 nitrogen and oxygen atoms in total. The van der Waals surface area contributed by atoms with Crippen molar-refractivity contribution < 1.29 is 28.6 Å². The molecule has 0 saturated carbocycles. The fourth-order valence-electron chi connectivity index (χ4n) is 1.91. The Kier molecular flexibility index (Phi) is 7.80. The fraction of sp³-hybridized carbons (Fsp3) is 0.471. The van der Waals surface area contributed by atoms with Crippen molar-refractivity contribution in [3.8, 4) is 0 Å². The Labute approximate surface area is 135 Å². The summed E-state index contributed by atoms with van der Waals surface area (Å²) in [5.41, 5.74) is -0.116. The topological polar surface area (TPSA) is 78.9 Å². The molecule has 0 aliphatic rings. The summed E-state index contributed by atoms with van der Waals surface area (Å²) in [6.07, 6.45) is 1.60. The lowest BCUT2D eigenvalue weighted by Gasteiger charge is -2.12.